The van der Waals surface area contributed by atoms with Crippen molar-refractivity contribution in [2.45, 2.75) is 0 Å². The summed E-state index contributed by atoms with van der Waals surface area (Å²) in [5.41, 5.74) is 0. The minimum absolute atomic E-state index is 0. The van der Waals surface area contributed by atoms with Crippen molar-refractivity contribution in [3.63, 3.8) is 0 Å². The van der Waals surface area contributed by atoms with E-state index in [4.69, 9.17) is 0 Å². The molecule has 0 unspecified atom stereocenters. The molecule has 0 heterocycles. The maximum atomic E-state index is 10.2. The molecule has 0 aliphatic carbocycles. The van der Waals surface area contributed by atoms with E-state index in [9.17, 15) is 16.8 Å². The Morgan fingerprint density at radius 3 is 1.10 bits per heavy atom. The van der Waals surface area contributed by atoms with E-state index in [1.807, 2.05) is 0 Å². The van der Waals surface area contributed by atoms with E-state index in [1.54, 1.807) is 0 Å². The molecule has 0 aromatic rings. The zero-order valence-electron chi connectivity index (χ0n) is 5.36. The van der Waals surface area contributed by atoms with Crippen molar-refractivity contribution >= 4 is 32.5 Å². The van der Waals surface area contributed by atoms with Crippen molar-refractivity contribution in [1.29, 1.82) is 0 Å². The highest BCUT2D eigenvalue weighted by atomic mass is 35.5. The number of nitrogens with one attached hydrogen (secondary N) is 1. The normalized spacial score (nSPS) is 12.2. The Bertz CT molecular complexity index is 246. The molecule has 0 amide bonds. The first-order valence-electron chi connectivity index (χ1n) is 1.89. The third-order valence-corrected chi connectivity index (χ3v) is 2.72. The smallest absolute Gasteiger partial charge is 0.212 e. The molecule has 0 aromatic carbocycles. The van der Waals surface area contributed by atoms with Crippen LogP contribution in [0.4, 0.5) is 0 Å². The molecule has 8 heteroatoms. The average molecular weight is 210 g/mol. The summed E-state index contributed by atoms with van der Waals surface area (Å²) in [7, 11) is -7.24. The quantitative estimate of drug-likeness (QED) is 0.627. The van der Waals surface area contributed by atoms with Crippen LogP contribution in [-0.4, -0.2) is 29.3 Å². The molecule has 0 saturated heterocycles. The standard InChI is InChI=1S/C2H7NO4S2.ClH/c1-8(4,5)3-9(2,6)7;/h3H,1-2H3;1H. The van der Waals surface area contributed by atoms with E-state index in [0.29, 0.717) is 0 Å². The lowest BCUT2D eigenvalue weighted by Gasteiger charge is -1.94. The summed E-state index contributed by atoms with van der Waals surface area (Å²) in [6.45, 7) is 0. The van der Waals surface area contributed by atoms with Gasteiger partial charge in [0.2, 0.25) is 20.0 Å². The van der Waals surface area contributed by atoms with Crippen LogP contribution in [-0.2, 0) is 20.0 Å². The molecule has 0 radical (unpaired) electrons. The minimum atomic E-state index is -3.62. The zero-order chi connectivity index (χ0) is 7.71. The van der Waals surface area contributed by atoms with Gasteiger partial charge in [-0.15, -0.1) is 16.5 Å². The fraction of sp³-hybridized carbons (Fsp3) is 1.00. The summed E-state index contributed by atoms with van der Waals surface area (Å²) in [6.07, 6.45) is 1.54. The Labute approximate surface area is 66.3 Å². The number of hydrogen-bond acceptors (Lipinski definition) is 4. The maximum absolute atomic E-state index is 10.2. The van der Waals surface area contributed by atoms with E-state index in [0.717, 1.165) is 12.5 Å². The summed E-state index contributed by atoms with van der Waals surface area (Å²) in [6, 6.07) is 0. The lowest BCUT2D eigenvalue weighted by Crippen LogP contribution is -2.27. The van der Waals surface area contributed by atoms with Crippen LogP contribution < -0.4 is 4.13 Å². The summed E-state index contributed by atoms with van der Waals surface area (Å²) in [4.78, 5) is 0. The van der Waals surface area contributed by atoms with Gasteiger partial charge in [0, 0.05) is 0 Å². The number of sulfonamides is 2. The van der Waals surface area contributed by atoms with E-state index in [1.165, 1.54) is 4.13 Å². The average Bonchev–Trinajstić information content (AvgIpc) is 1.14. The Morgan fingerprint density at radius 1 is 0.900 bits per heavy atom. The largest absolute Gasteiger partial charge is 0.221 e. The second-order valence-electron chi connectivity index (χ2n) is 1.63. The molecule has 0 bridgehead atoms. The molecule has 0 spiro atoms. The second-order valence-corrected chi connectivity index (χ2v) is 5.38. The summed E-state index contributed by atoms with van der Waals surface area (Å²) < 4.78 is 42.0. The molecule has 0 aliphatic rings. The van der Waals surface area contributed by atoms with Gasteiger partial charge < -0.3 is 0 Å². The molecule has 0 atom stereocenters. The van der Waals surface area contributed by atoms with Crippen LogP contribution in [0.25, 0.3) is 0 Å². The van der Waals surface area contributed by atoms with Crippen molar-refractivity contribution in [3.8, 4) is 0 Å². The van der Waals surface area contributed by atoms with Crippen LogP contribution in [0, 0.1) is 0 Å². The maximum Gasteiger partial charge on any atom is 0.221 e. The molecule has 10 heavy (non-hydrogen) atoms. The highest BCUT2D eigenvalue weighted by molar-refractivity contribution is 8.04. The van der Waals surface area contributed by atoms with Crippen LogP contribution >= 0.6 is 12.4 Å². The summed E-state index contributed by atoms with van der Waals surface area (Å²) >= 11 is 0. The number of halogens is 1. The molecular weight excluding hydrogens is 202 g/mol. The Morgan fingerprint density at radius 2 is 1.10 bits per heavy atom. The van der Waals surface area contributed by atoms with E-state index in [2.05, 4.69) is 0 Å². The van der Waals surface area contributed by atoms with Crippen molar-refractivity contribution in [3.05, 3.63) is 0 Å². The summed E-state index contributed by atoms with van der Waals surface area (Å²) in [5, 5.41) is 0. The van der Waals surface area contributed by atoms with Gasteiger partial charge in [0.25, 0.3) is 0 Å². The predicted molar refractivity (Wildman–Crippen MR) is 40.1 cm³/mol. The van der Waals surface area contributed by atoms with Gasteiger partial charge in [-0.25, -0.2) is 16.8 Å². The molecule has 0 rings (SSSR count). The third-order valence-electron chi connectivity index (χ3n) is 0.303. The van der Waals surface area contributed by atoms with Crippen LogP contribution in [0.3, 0.4) is 0 Å². The van der Waals surface area contributed by atoms with Gasteiger partial charge in [0.15, 0.2) is 0 Å². The van der Waals surface area contributed by atoms with Crippen molar-refractivity contribution in [2.75, 3.05) is 12.5 Å². The summed E-state index contributed by atoms with van der Waals surface area (Å²) in [5.74, 6) is 0. The van der Waals surface area contributed by atoms with Gasteiger partial charge in [0.1, 0.15) is 0 Å². The number of rotatable bonds is 2. The van der Waals surface area contributed by atoms with Crippen molar-refractivity contribution < 1.29 is 16.8 Å². The van der Waals surface area contributed by atoms with Crippen molar-refractivity contribution in [2.24, 2.45) is 0 Å². The van der Waals surface area contributed by atoms with Crippen LogP contribution in [0.1, 0.15) is 0 Å². The van der Waals surface area contributed by atoms with Crippen LogP contribution in [0.15, 0.2) is 0 Å². The van der Waals surface area contributed by atoms with Crippen LogP contribution in [0.5, 0.6) is 0 Å². The monoisotopic (exact) mass is 209 g/mol. The molecule has 0 aromatic heterocycles. The topological polar surface area (TPSA) is 80.3 Å². The Hall–Kier alpha value is 0.150. The fourth-order valence-corrected chi connectivity index (χ4v) is 2.47. The fourth-order valence-electron chi connectivity index (χ4n) is 0.275. The molecule has 0 aliphatic heterocycles. The molecule has 0 saturated carbocycles. The molecular formula is C2H8ClNO4S2. The molecule has 1 N–H and O–H groups in total. The first-order valence-corrected chi connectivity index (χ1v) is 5.67. The minimum Gasteiger partial charge on any atom is -0.212 e. The molecule has 0 fully saturated rings. The van der Waals surface area contributed by atoms with E-state index < -0.39 is 20.0 Å². The SMILES string of the molecule is CS(=O)(=O)NS(C)(=O)=O.Cl. The Kier molecular flexibility index (Phi) is 4.50. The van der Waals surface area contributed by atoms with Crippen LogP contribution in [0.2, 0.25) is 0 Å². The predicted octanol–water partition coefficient (Wildman–Crippen LogP) is -1.08. The van der Waals surface area contributed by atoms with Gasteiger partial charge >= 0.3 is 0 Å². The highest BCUT2D eigenvalue weighted by Gasteiger charge is 2.08. The molecule has 5 nitrogen and oxygen atoms in total. The molecule has 64 valence electrons. The van der Waals surface area contributed by atoms with Gasteiger partial charge in [0.05, 0.1) is 12.5 Å². The number of hydrogen-bond donors (Lipinski definition) is 1. The second kappa shape index (κ2) is 3.51. The first kappa shape index (κ1) is 12.8. The Balaban J connectivity index is 0. The third kappa shape index (κ3) is 11.0. The lowest BCUT2D eigenvalue weighted by atomic mass is 12.0. The lowest BCUT2D eigenvalue weighted by molar-refractivity contribution is 0.584. The zero-order valence-corrected chi connectivity index (χ0v) is 7.81. The van der Waals surface area contributed by atoms with Gasteiger partial charge in [-0.3, -0.25) is 0 Å². The van der Waals surface area contributed by atoms with Gasteiger partial charge in [-0.2, -0.15) is 0 Å². The first-order chi connectivity index (χ1) is 3.71. The van der Waals surface area contributed by atoms with Gasteiger partial charge in [-0.05, 0) is 0 Å². The highest BCUT2D eigenvalue weighted by Crippen LogP contribution is 1.78. The van der Waals surface area contributed by atoms with Crippen molar-refractivity contribution in [1.82, 2.24) is 4.13 Å². The van der Waals surface area contributed by atoms with E-state index >= 15 is 0 Å². The van der Waals surface area contributed by atoms with Gasteiger partial charge in [-0.1, -0.05) is 0 Å². The van der Waals surface area contributed by atoms with E-state index in [-0.39, 0.29) is 12.4 Å².